The van der Waals surface area contributed by atoms with Crippen LogP contribution in [0.3, 0.4) is 0 Å². The summed E-state index contributed by atoms with van der Waals surface area (Å²) in [6.45, 7) is 2.04. The molecule has 6 rings (SSSR count). The summed E-state index contributed by atoms with van der Waals surface area (Å²) < 4.78 is 11.1. The average molecular weight is 559 g/mol. The molecule has 0 N–H and O–H groups in total. The number of esters is 1. The number of nitro benzene ring substituents is 1. The minimum absolute atomic E-state index is 0.0146. The van der Waals surface area contributed by atoms with Gasteiger partial charge in [-0.15, -0.1) is 0 Å². The molecule has 2 aliphatic carbocycles. The van der Waals surface area contributed by atoms with E-state index in [1.807, 2.05) is 6.92 Å². The fraction of sp³-hybridized carbons (Fsp3) is 0.233. The highest BCUT2D eigenvalue weighted by atomic mass is 35.5. The number of halogens is 1. The Morgan fingerprint density at radius 1 is 1.02 bits per heavy atom. The Bertz CT molecular complexity index is 1580. The number of carbonyl (C=O) groups excluding carboxylic acids is 3. The third-order valence-electron chi connectivity index (χ3n) is 7.89. The maximum absolute atomic E-state index is 13.1. The van der Waals surface area contributed by atoms with Crippen molar-refractivity contribution in [2.45, 2.75) is 20.0 Å². The summed E-state index contributed by atoms with van der Waals surface area (Å²) in [5, 5.41) is 11.0. The van der Waals surface area contributed by atoms with Crippen molar-refractivity contribution in [2.24, 2.45) is 23.7 Å². The third-order valence-corrected chi connectivity index (χ3v) is 8.18. The van der Waals surface area contributed by atoms with Crippen molar-refractivity contribution in [3.8, 4) is 11.5 Å². The number of non-ortho nitro benzene ring substituents is 1. The van der Waals surface area contributed by atoms with Crippen LogP contribution >= 0.6 is 11.6 Å². The van der Waals surface area contributed by atoms with Crippen LogP contribution in [0.25, 0.3) is 0 Å². The second kappa shape index (κ2) is 9.91. The minimum Gasteiger partial charge on any atom is -0.457 e. The molecule has 1 aliphatic heterocycles. The molecule has 1 heterocycles. The molecule has 0 unspecified atom stereocenters. The van der Waals surface area contributed by atoms with Crippen LogP contribution in [0.5, 0.6) is 11.5 Å². The van der Waals surface area contributed by atoms with Gasteiger partial charge >= 0.3 is 5.97 Å². The highest BCUT2D eigenvalue weighted by molar-refractivity contribution is 6.32. The van der Waals surface area contributed by atoms with Gasteiger partial charge in [0.05, 0.1) is 33.0 Å². The Morgan fingerprint density at radius 3 is 2.40 bits per heavy atom. The van der Waals surface area contributed by atoms with Gasteiger partial charge in [0.1, 0.15) is 18.1 Å². The highest BCUT2D eigenvalue weighted by Crippen LogP contribution is 2.55. The maximum Gasteiger partial charge on any atom is 0.338 e. The van der Waals surface area contributed by atoms with Crippen molar-refractivity contribution in [3.05, 3.63) is 105 Å². The molecule has 3 aromatic rings. The van der Waals surface area contributed by atoms with Crippen LogP contribution < -0.4 is 9.64 Å². The summed E-state index contributed by atoms with van der Waals surface area (Å²) in [4.78, 5) is 50.4. The first-order chi connectivity index (χ1) is 19.2. The van der Waals surface area contributed by atoms with Crippen LogP contribution in [-0.2, 0) is 20.9 Å². The van der Waals surface area contributed by atoms with Gasteiger partial charge in [0, 0.05) is 12.1 Å². The largest absolute Gasteiger partial charge is 0.457 e. The molecule has 4 atom stereocenters. The summed E-state index contributed by atoms with van der Waals surface area (Å²) in [6.07, 6.45) is 3.01. The van der Waals surface area contributed by atoms with E-state index in [2.05, 4.69) is 6.08 Å². The van der Waals surface area contributed by atoms with Gasteiger partial charge in [-0.1, -0.05) is 35.4 Å². The molecule has 3 aromatic carbocycles. The van der Waals surface area contributed by atoms with Crippen LogP contribution in [0.1, 0.15) is 29.3 Å². The van der Waals surface area contributed by atoms with Gasteiger partial charge < -0.3 is 9.47 Å². The number of amides is 2. The summed E-state index contributed by atoms with van der Waals surface area (Å²) in [5.41, 5.74) is 2.53. The smallest absolute Gasteiger partial charge is 0.338 e. The lowest BCUT2D eigenvalue weighted by molar-refractivity contribution is -0.384. The molecule has 202 valence electrons. The van der Waals surface area contributed by atoms with Crippen LogP contribution in [0.15, 0.2) is 78.4 Å². The van der Waals surface area contributed by atoms with Gasteiger partial charge in [-0.25, -0.2) is 4.79 Å². The van der Waals surface area contributed by atoms with Gasteiger partial charge in [-0.3, -0.25) is 24.6 Å². The molecule has 10 heteroatoms. The number of carbonyl (C=O) groups is 3. The summed E-state index contributed by atoms with van der Waals surface area (Å²) in [6, 6.07) is 17.0. The Hall–Kier alpha value is -4.50. The fourth-order valence-corrected chi connectivity index (χ4v) is 6.19. The third kappa shape index (κ3) is 4.42. The highest BCUT2D eigenvalue weighted by Gasteiger charge is 2.60. The molecule has 0 spiro atoms. The Kier molecular flexibility index (Phi) is 6.38. The number of rotatable bonds is 7. The number of ether oxygens (including phenoxy) is 2. The van der Waals surface area contributed by atoms with E-state index in [1.54, 1.807) is 48.5 Å². The van der Waals surface area contributed by atoms with Crippen molar-refractivity contribution in [3.63, 3.8) is 0 Å². The molecular weight excluding hydrogens is 536 g/mol. The summed E-state index contributed by atoms with van der Waals surface area (Å²) >= 11 is 6.07. The number of fused-ring (bicyclic) bond motifs is 5. The molecule has 40 heavy (non-hydrogen) atoms. The first-order valence-corrected chi connectivity index (χ1v) is 13.1. The number of imide groups is 1. The lowest BCUT2D eigenvalue weighted by Crippen LogP contribution is -2.32. The zero-order valence-corrected chi connectivity index (χ0v) is 22.0. The van der Waals surface area contributed by atoms with Crippen molar-refractivity contribution < 1.29 is 28.8 Å². The molecule has 3 aliphatic rings. The molecular formula is C30H23ClN2O7. The van der Waals surface area contributed by atoms with Crippen molar-refractivity contribution in [1.82, 2.24) is 0 Å². The van der Waals surface area contributed by atoms with E-state index in [4.69, 9.17) is 21.1 Å². The first kappa shape index (κ1) is 25.8. The molecule has 2 fully saturated rings. The maximum atomic E-state index is 13.1. The number of hydrogen-bond donors (Lipinski definition) is 0. The van der Waals surface area contributed by atoms with E-state index in [9.17, 15) is 24.5 Å². The lowest BCUT2D eigenvalue weighted by Gasteiger charge is -2.19. The van der Waals surface area contributed by atoms with Crippen molar-refractivity contribution >= 4 is 40.8 Å². The molecule has 9 nitrogen and oxygen atoms in total. The van der Waals surface area contributed by atoms with Crippen LogP contribution in [-0.4, -0.2) is 22.7 Å². The number of nitrogens with zero attached hydrogens (tertiary/aromatic N) is 2. The molecule has 0 radical (unpaired) electrons. The van der Waals surface area contributed by atoms with Gasteiger partial charge in [0.25, 0.3) is 5.69 Å². The molecule has 0 aromatic heterocycles. The fourth-order valence-electron chi connectivity index (χ4n) is 5.97. The predicted molar refractivity (Wildman–Crippen MR) is 145 cm³/mol. The number of nitro groups is 1. The zero-order valence-electron chi connectivity index (χ0n) is 21.3. The number of allylic oxidation sites excluding steroid dienone is 2. The van der Waals surface area contributed by atoms with E-state index in [0.29, 0.717) is 22.6 Å². The summed E-state index contributed by atoms with van der Waals surface area (Å²) in [5.74, 6) is -0.427. The van der Waals surface area contributed by atoms with Gasteiger partial charge in [-0.05, 0) is 73.2 Å². The Balaban J connectivity index is 1.05. The Labute approximate surface area is 234 Å². The number of hydrogen-bond acceptors (Lipinski definition) is 7. The van der Waals surface area contributed by atoms with E-state index < -0.39 is 10.9 Å². The van der Waals surface area contributed by atoms with Crippen LogP contribution in [0.4, 0.5) is 11.4 Å². The molecule has 1 saturated carbocycles. The van der Waals surface area contributed by atoms with Crippen LogP contribution in [0, 0.1) is 33.8 Å². The predicted octanol–water partition coefficient (Wildman–Crippen LogP) is 6.10. The molecule has 2 amide bonds. The van der Waals surface area contributed by atoms with Crippen molar-refractivity contribution in [1.29, 1.82) is 0 Å². The molecule has 1 saturated heterocycles. The number of anilines is 1. The molecule has 2 bridgehead atoms. The minimum atomic E-state index is -0.543. The van der Waals surface area contributed by atoms with Crippen LogP contribution in [0.2, 0.25) is 5.02 Å². The van der Waals surface area contributed by atoms with Gasteiger partial charge in [-0.2, -0.15) is 0 Å². The first-order valence-electron chi connectivity index (χ1n) is 12.8. The van der Waals surface area contributed by atoms with Gasteiger partial charge in [0.2, 0.25) is 11.8 Å². The van der Waals surface area contributed by atoms with E-state index in [0.717, 1.165) is 6.42 Å². The van der Waals surface area contributed by atoms with Gasteiger partial charge in [0.15, 0.2) is 0 Å². The lowest BCUT2D eigenvalue weighted by atomic mass is 9.82. The average Bonchev–Trinajstić information content (AvgIpc) is 3.59. The zero-order chi connectivity index (χ0) is 28.1. The topological polar surface area (TPSA) is 116 Å². The second-order valence-corrected chi connectivity index (χ2v) is 10.6. The quantitative estimate of drug-likeness (QED) is 0.113. The monoisotopic (exact) mass is 558 g/mol. The van der Waals surface area contributed by atoms with E-state index >= 15 is 0 Å². The number of benzene rings is 3. The SMILES string of the molecule is CC1=C[C@H]2C[C@@H]1[C@H]1C(=O)N(c3ccc(C(=O)OCc4ccc(Oc5ccc([N+](=O)[O-])cc5Cl)cc4)cc3)C(=O)[C@@H]12. The van der Waals surface area contributed by atoms with E-state index in [-0.39, 0.29) is 58.6 Å². The van der Waals surface area contributed by atoms with E-state index in [1.165, 1.54) is 28.7 Å². The Morgan fingerprint density at radius 2 is 1.73 bits per heavy atom. The standard InChI is InChI=1S/C30H23ClN2O7/c1-16-12-19-13-23(16)27-26(19)28(34)32(29(27)35)20-6-4-18(5-7-20)30(36)39-15-17-2-9-22(10-3-17)40-25-11-8-21(33(37)38)14-24(25)31/h2-12,14,19,23,26-27H,13,15H2,1H3/t19-,23-,26+,27+/m0/s1. The van der Waals surface area contributed by atoms with Crippen molar-refractivity contribution in [2.75, 3.05) is 4.90 Å². The second-order valence-electron chi connectivity index (χ2n) is 10.2. The normalized spacial score (nSPS) is 22.8. The summed E-state index contributed by atoms with van der Waals surface area (Å²) in [7, 11) is 0.